The highest BCUT2D eigenvalue weighted by molar-refractivity contribution is 7.47. The first kappa shape index (κ1) is 90.1. The SMILES string of the molecule is CCCCCCCCCCCCCCCCCCCCCCC(=O)O[C@H](COC(=O)CCCCCCCCCCCCCC)COP(=O)(O)OC[C@@H](O)COP(=O)(O)OC[C@@H](COC(=O)CCCCCCCCCCC)OC(=O)CCCCCCCCCCCCC. The zero-order valence-corrected chi connectivity index (χ0v) is 61.3. The van der Waals surface area contributed by atoms with Crippen molar-refractivity contribution in [2.45, 2.75) is 406 Å². The van der Waals surface area contributed by atoms with E-state index in [-0.39, 0.29) is 25.7 Å². The Balaban J connectivity index is 5.18. The van der Waals surface area contributed by atoms with Crippen molar-refractivity contribution in [2.75, 3.05) is 39.6 Å². The minimum absolute atomic E-state index is 0.107. The van der Waals surface area contributed by atoms with E-state index in [0.717, 1.165) is 89.9 Å². The van der Waals surface area contributed by atoms with Crippen molar-refractivity contribution < 1.29 is 80.2 Å². The van der Waals surface area contributed by atoms with E-state index in [2.05, 4.69) is 27.7 Å². The lowest BCUT2D eigenvalue weighted by Crippen LogP contribution is -2.30. The number of hydrogen-bond acceptors (Lipinski definition) is 15. The third kappa shape index (κ3) is 66.7. The molecule has 0 bridgehead atoms. The van der Waals surface area contributed by atoms with Crippen LogP contribution in [0.25, 0.3) is 0 Å². The summed E-state index contributed by atoms with van der Waals surface area (Å²) in [6, 6.07) is 0. The summed E-state index contributed by atoms with van der Waals surface area (Å²) in [5.41, 5.74) is 0. The Labute approximate surface area is 562 Å². The largest absolute Gasteiger partial charge is 0.472 e. The molecule has 0 fully saturated rings. The van der Waals surface area contributed by atoms with Crippen LogP contribution in [0.1, 0.15) is 387 Å². The molecule has 0 aromatic carbocycles. The predicted molar refractivity (Wildman–Crippen MR) is 372 cm³/mol. The zero-order chi connectivity index (χ0) is 67.5. The summed E-state index contributed by atoms with van der Waals surface area (Å²) in [5.74, 6) is -2.12. The van der Waals surface area contributed by atoms with Crippen molar-refractivity contribution >= 4 is 39.5 Å². The summed E-state index contributed by atoms with van der Waals surface area (Å²) in [5, 5.41) is 10.6. The standard InChI is InChI=1S/C73H142O17P2/c1-5-9-13-17-21-25-28-30-31-32-33-34-35-36-37-40-44-48-52-56-60-73(78)90-69(64-84-71(76)58-54-50-46-42-39-29-26-22-18-14-10-6-2)66-88-92(81,82)86-62-67(74)61-85-91(79,80)87-65-68(63-83-70(75)57-53-49-45-41-24-20-16-12-8-4)89-72(77)59-55-51-47-43-38-27-23-19-15-11-7-3/h67-69,74H,5-66H2,1-4H3,(H,79,80)(H,81,82)/t67-,68+,69+/m0/s1. The van der Waals surface area contributed by atoms with Gasteiger partial charge < -0.3 is 33.8 Å². The molecule has 0 amide bonds. The average molecular weight is 1350 g/mol. The molecule has 0 aliphatic rings. The summed E-state index contributed by atoms with van der Waals surface area (Å²) in [4.78, 5) is 72.6. The summed E-state index contributed by atoms with van der Waals surface area (Å²) in [6.45, 7) is 4.95. The van der Waals surface area contributed by atoms with E-state index >= 15 is 0 Å². The summed E-state index contributed by atoms with van der Waals surface area (Å²) in [6.07, 6.45) is 56.9. The molecule has 5 atom stereocenters. The number of carbonyl (C=O) groups excluding carboxylic acids is 4. The fourth-order valence-electron chi connectivity index (χ4n) is 11.2. The van der Waals surface area contributed by atoms with Gasteiger partial charge in [0.1, 0.15) is 19.3 Å². The molecule has 3 N–H and O–H groups in total. The van der Waals surface area contributed by atoms with Crippen molar-refractivity contribution in [3.05, 3.63) is 0 Å². The molecule has 0 radical (unpaired) electrons. The van der Waals surface area contributed by atoms with E-state index in [1.807, 2.05) is 0 Å². The maximum absolute atomic E-state index is 13.0. The van der Waals surface area contributed by atoms with Crippen LogP contribution < -0.4 is 0 Å². The topological polar surface area (TPSA) is 237 Å². The number of esters is 4. The maximum atomic E-state index is 13.0. The van der Waals surface area contributed by atoms with Crippen LogP contribution in [-0.4, -0.2) is 96.7 Å². The van der Waals surface area contributed by atoms with Crippen molar-refractivity contribution in [3.63, 3.8) is 0 Å². The number of unbranched alkanes of at least 4 members (excludes halogenated alkanes) is 48. The molecule has 0 aliphatic heterocycles. The molecule has 92 heavy (non-hydrogen) atoms. The second-order valence-electron chi connectivity index (χ2n) is 26.3. The second kappa shape index (κ2) is 67.6. The molecule has 0 saturated carbocycles. The number of hydrogen-bond donors (Lipinski definition) is 3. The van der Waals surface area contributed by atoms with Crippen LogP contribution in [-0.2, 0) is 65.4 Å². The van der Waals surface area contributed by atoms with E-state index in [9.17, 15) is 43.2 Å². The lowest BCUT2D eigenvalue weighted by atomic mass is 10.0. The Morgan fingerprint density at radius 3 is 0.641 bits per heavy atom. The van der Waals surface area contributed by atoms with Crippen LogP contribution in [0.2, 0.25) is 0 Å². The molecule has 17 nitrogen and oxygen atoms in total. The van der Waals surface area contributed by atoms with Gasteiger partial charge in [0, 0.05) is 25.7 Å². The van der Waals surface area contributed by atoms with Gasteiger partial charge in [0.15, 0.2) is 12.2 Å². The molecule has 0 aromatic heterocycles. The second-order valence-corrected chi connectivity index (χ2v) is 29.2. The van der Waals surface area contributed by atoms with E-state index in [1.165, 1.54) is 218 Å². The fourth-order valence-corrected chi connectivity index (χ4v) is 12.8. The van der Waals surface area contributed by atoms with Gasteiger partial charge in [0.25, 0.3) is 0 Å². The van der Waals surface area contributed by atoms with Crippen molar-refractivity contribution in [3.8, 4) is 0 Å². The van der Waals surface area contributed by atoms with Gasteiger partial charge >= 0.3 is 39.5 Å². The highest BCUT2D eigenvalue weighted by Gasteiger charge is 2.30. The van der Waals surface area contributed by atoms with Crippen molar-refractivity contribution in [2.24, 2.45) is 0 Å². The first-order chi connectivity index (χ1) is 44.7. The zero-order valence-electron chi connectivity index (χ0n) is 59.5. The van der Waals surface area contributed by atoms with Gasteiger partial charge in [0.05, 0.1) is 26.4 Å². The van der Waals surface area contributed by atoms with Gasteiger partial charge in [-0.05, 0) is 25.7 Å². The first-order valence-electron chi connectivity index (χ1n) is 38.3. The summed E-state index contributed by atoms with van der Waals surface area (Å²) < 4.78 is 68.3. The van der Waals surface area contributed by atoms with Gasteiger partial charge in [-0.15, -0.1) is 0 Å². The van der Waals surface area contributed by atoms with E-state index in [0.29, 0.717) is 25.7 Å². The van der Waals surface area contributed by atoms with Crippen LogP contribution in [0.4, 0.5) is 0 Å². The molecule has 2 unspecified atom stereocenters. The average Bonchev–Trinajstić information content (AvgIpc) is 1.78. The molecule has 0 aliphatic carbocycles. The molecule has 0 aromatic rings. The van der Waals surface area contributed by atoms with E-state index in [4.69, 9.17) is 37.0 Å². The predicted octanol–water partition coefficient (Wildman–Crippen LogP) is 21.4. The Kier molecular flexibility index (Phi) is 66.2. The highest BCUT2D eigenvalue weighted by atomic mass is 31.2. The number of aliphatic hydroxyl groups excluding tert-OH is 1. The Morgan fingerprint density at radius 2 is 0.435 bits per heavy atom. The number of aliphatic hydroxyl groups is 1. The third-order valence-electron chi connectivity index (χ3n) is 17.1. The van der Waals surface area contributed by atoms with E-state index < -0.39 is 97.5 Å². The fraction of sp³-hybridized carbons (Fsp3) is 0.945. The minimum Gasteiger partial charge on any atom is -0.462 e. The molecule has 0 heterocycles. The van der Waals surface area contributed by atoms with Gasteiger partial charge in [-0.3, -0.25) is 37.3 Å². The van der Waals surface area contributed by atoms with Gasteiger partial charge in [-0.1, -0.05) is 336 Å². The summed E-state index contributed by atoms with van der Waals surface area (Å²) in [7, 11) is -9.90. The molecule has 0 spiro atoms. The number of phosphoric acid groups is 2. The van der Waals surface area contributed by atoms with Gasteiger partial charge in [-0.25, -0.2) is 9.13 Å². The van der Waals surface area contributed by atoms with E-state index in [1.54, 1.807) is 0 Å². The number of carbonyl (C=O) groups is 4. The lowest BCUT2D eigenvalue weighted by molar-refractivity contribution is -0.161. The monoisotopic (exact) mass is 1350 g/mol. The molecule has 0 rings (SSSR count). The Bertz CT molecular complexity index is 1760. The van der Waals surface area contributed by atoms with Crippen molar-refractivity contribution in [1.29, 1.82) is 0 Å². The number of rotatable bonds is 74. The van der Waals surface area contributed by atoms with Crippen LogP contribution >= 0.6 is 15.6 Å². The Hall–Kier alpha value is -1.94. The lowest BCUT2D eigenvalue weighted by Gasteiger charge is -2.21. The van der Waals surface area contributed by atoms with Crippen LogP contribution in [0.5, 0.6) is 0 Å². The highest BCUT2D eigenvalue weighted by Crippen LogP contribution is 2.45. The molecule has 0 saturated heterocycles. The molecular formula is C73H142O17P2. The minimum atomic E-state index is -4.95. The van der Waals surface area contributed by atoms with Gasteiger partial charge in [0.2, 0.25) is 0 Å². The number of phosphoric ester groups is 2. The quantitative estimate of drug-likeness (QED) is 0.0222. The molecular weight excluding hydrogens is 1210 g/mol. The maximum Gasteiger partial charge on any atom is 0.472 e. The first-order valence-corrected chi connectivity index (χ1v) is 41.3. The number of ether oxygens (including phenoxy) is 4. The van der Waals surface area contributed by atoms with Crippen LogP contribution in [0.15, 0.2) is 0 Å². The Morgan fingerprint density at radius 1 is 0.261 bits per heavy atom. The molecule has 546 valence electrons. The van der Waals surface area contributed by atoms with Crippen LogP contribution in [0, 0.1) is 0 Å². The molecule has 19 heteroatoms. The van der Waals surface area contributed by atoms with Crippen LogP contribution in [0.3, 0.4) is 0 Å². The smallest absolute Gasteiger partial charge is 0.462 e. The van der Waals surface area contributed by atoms with Gasteiger partial charge in [-0.2, -0.15) is 0 Å². The third-order valence-corrected chi connectivity index (χ3v) is 19.0. The normalized spacial score (nSPS) is 13.9. The van der Waals surface area contributed by atoms with Crippen molar-refractivity contribution in [1.82, 2.24) is 0 Å². The summed E-state index contributed by atoms with van der Waals surface area (Å²) >= 11 is 0.